The highest BCUT2D eigenvalue weighted by atomic mass is 16.5. The topological polar surface area (TPSA) is 32.8 Å². The maximum atomic E-state index is 12.6. The molecule has 1 amide bonds. The molecule has 110 valence electrons. The molecule has 1 heterocycles. The molecule has 0 radical (unpaired) electrons. The van der Waals surface area contributed by atoms with E-state index < -0.39 is 0 Å². The van der Waals surface area contributed by atoms with Crippen LogP contribution in [-0.4, -0.2) is 62.1 Å². The van der Waals surface area contributed by atoms with Gasteiger partial charge in [0, 0.05) is 31.8 Å². The quantitative estimate of drug-likeness (QED) is 0.795. The van der Waals surface area contributed by atoms with Gasteiger partial charge in [-0.2, -0.15) is 0 Å². The molecule has 0 unspecified atom stereocenters. The van der Waals surface area contributed by atoms with Crippen molar-refractivity contribution in [1.82, 2.24) is 9.80 Å². The summed E-state index contributed by atoms with van der Waals surface area (Å²) in [6, 6.07) is 9.49. The fourth-order valence-corrected chi connectivity index (χ4v) is 2.39. The Morgan fingerprint density at radius 1 is 1.25 bits per heavy atom. The van der Waals surface area contributed by atoms with E-state index in [0.717, 1.165) is 38.1 Å². The van der Waals surface area contributed by atoms with Crippen LogP contribution in [-0.2, 0) is 4.74 Å². The first-order chi connectivity index (χ1) is 9.66. The second kappa shape index (κ2) is 7.41. The maximum Gasteiger partial charge on any atom is 0.253 e. The van der Waals surface area contributed by atoms with Crippen molar-refractivity contribution in [1.29, 1.82) is 0 Å². The molecule has 1 aliphatic rings. The van der Waals surface area contributed by atoms with Gasteiger partial charge in [-0.1, -0.05) is 18.2 Å². The van der Waals surface area contributed by atoms with Gasteiger partial charge in [0.15, 0.2) is 0 Å². The van der Waals surface area contributed by atoms with E-state index in [9.17, 15) is 4.79 Å². The predicted molar refractivity (Wildman–Crippen MR) is 79.9 cm³/mol. The van der Waals surface area contributed by atoms with Crippen LogP contribution in [0.1, 0.15) is 23.2 Å². The van der Waals surface area contributed by atoms with E-state index in [1.807, 2.05) is 49.3 Å². The Labute approximate surface area is 121 Å². The molecule has 0 saturated carbocycles. The van der Waals surface area contributed by atoms with Crippen molar-refractivity contribution in [2.75, 3.05) is 40.3 Å². The fourth-order valence-electron chi connectivity index (χ4n) is 2.39. The summed E-state index contributed by atoms with van der Waals surface area (Å²) < 4.78 is 5.67. The van der Waals surface area contributed by atoms with Crippen molar-refractivity contribution in [3.63, 3.8) is 0 Å². The standard InChI is InChI=1S/C16H24N2O2/c1-17(2)10-11-18(13-15-9-6-12-20-15)16(19)14-7-4-3-5-8-14/h3-5,7-8,15H,6,9-13H2,1-2H3/t15-/m0/s1. The van der Waals surface area contributed by atoms with Crippen molar-refractivity contribution in [2.24, 2.45) is 0 Å². The van der Waals surface area contributed by atoms with Crippen LogP contribution in [0.15, 0.2) is 30.3 Å². The molecule has 1 aliphatic heterocycles. The van der Waals surface area contributed by atoms with Crippen LogP contribution in [0.4, 0.5) is 0 Å². The molecular formula is C16H24N2O2. The van der Waals surface area contributed by atoms with Gasteiger partial charge < -0.3 is 14.5 Å². The first-order valence-electron chi connectivity index (χ1n) is 7.27. The molecule has 0 aliphatic carbocycles. The zero-order valence-corrected chi connectivity index (χ0v) is 12.4. The van der Waals surface area contributed by atoms with Gasteiger partial charge in [0.2, 0.25) is 0 Å². The lowest BCUT2D eigenvalue weighted by Crippen LogP contribution is -2.41. The molecule has 4 nitrogen and oxygen atoms in total. The van der Waals surface area contributed by atoms with Gasteiger partial charge in [-0.25, -0.2) is 0 Å². The van der Waals surface area contributed by atoms with Crippen LogP contribution in [0.5, 0.6) is 0 Å². The third-order valence-corrected chi connectivity index (χ3v) is 3.57. The third kappa shape index (κ3) is 4.32. The van der Waals surface area contributed by atoms with Crippen molar-refractivity contribution >= 4 is 5.91 Å². The van der Waals surface area contributed by atoms with Gasteiger partial charge in [0.05, 0.1) is 6.10 Å². The van der Waals surface area contributed by atoms with Crippen LogP contribution in [0.3, 0.4) is 0 Å². The molecule has 20 heavy (non-hydrogen) atoms. The summed E-state index contributed by atoms with van der Waals surface area (Å²) in [6.45, 7) is 3.12. The molecule has 1 saturated heterocycles. The average Bonchev–Trinajstić information content (AvgIpc) is 2.96. The Kier molecular flexibility index (Phi) is 5.56. The van der Waals surface area contributed by atoms with Gasteiger partial charge in [0.1, 0.15) is 0 Å². The number of amides is 1. The molecule has 0 bridgehead atoms. The van der Waals surface area contributed by atoms with Gasteiger partial charge in [-0.15, -0.1) is 0 Å². The van der Waals surface area contributed by atoms with Crippen LogP contribution < -0.4 is 0 Å². The lowest BCUT2D eigenvalue weighted by atomic mass is 10.1. The number of ether oxygens (including phenoxy) is 1. The van der Waals surface area contributed by atoms with Crippen molar-refractivity contribution < 1.29 is 9.53 Å². The normalized spacial score (nSPS) is 18.4. The summed E-state index contributed by atoms with van der Waals surface area (Å²) in [5.41, 5.74) is 0.754. The molecule has 0 spiro atoms. The van der Waals surface area contributed by atoms with E-state index >= 15 is 0 Å². The van der Waals surface area contributed by atoms with Crippen LogP contribution >= 0.6 is 0 Å². The number of hydrogen-bond acceptors (Lipinski definition) is 3. The zero-order valence-electron chi connectivity index (χ0n) is 12.4. The summed E-state index contributed by atoms with van der Waals surface area (Å²) in [5, 5.41) is 0. The van der Waals surface area contributed by atoms with Crippen molar-refractivity contribution in [3.05, 3.63) is 35.9 Å². The van der Waals surface area contributed by atoms with E-state index in [1.54, 1.807) is 0 Å². The minimum absolute atomic E-state index is 0.1000. The summed E-state index contributed by atoms with van der Waals surface area (Å²) in [4.78, 5) is 16.6. The second-order valence-corrected chi connectivity index (χ2v) is 5.56. The maximum absolute atomic E-state index is 12.6. The Morgan fingerprint density at radius 2 is 2.00 bits per heavy atom. The van der Waals surface area contributed by atoms with Crippen molar-refractivity contribution in [2.45, 2.75) is 18.9 Å². The lowest BCUT2D eigenvalue weighted by Gasteiger charge is -2.27. The molecule has 1 atom stereocenters. The molecule has 2 rings (SSSR count). The van der Waals surface area contributed by atoms with Gasteiger partial charge in [-0.3, -0.25) is 4.79 Å². The number of likely N-dealkylation sites (N-methyl/N-ethyl adjacent to an activating group) is 1. The predicted octanol–water partition coefficient (Wildman–Crippen LogP) is 1.87. The number of nitrogens with zero attached hydrogens (tertiary/aromatic N) is 2. The lowest BCUT2D eigenvalue weighted by molar-refractivity contribution is 0.0512. The summed E-state index contributed by atoms with van der Waals surface area (Å²) in [7, 11) is 4.05. The molecule has 4 heteroatoms. The van der Waals surface area contributed by atoms with E-state index in [2.05, 4.69) is 4.90 Å². The van der Waals surface area contributed by atoms with Gasteiger partial charge in [-0.05, 0) is 39.1 Å². The summed E-state index contributed by atoms with van der Waals surface area (Å²) >= 11 is 0. The molecule has 1 aromatic carbocycles. The van der Waals surface area contributed by atoms with E-state index in [1.165, 1.54) is 0 Å². The Morgan fingerprint density at radius 3 is 2.60 bits per heavy atom. The molecular weight excluding hydrogens is 252 g/mol. The minimum atomic E-state index is 0.1000. The SMILES string of the molecule is CN(C)CCN(C[C@@H]1CCCO1)C(=O)c1ccccc1. The van der Waals surface area contributed by atoms with Crippen molar-refractivity contribution in [3.8, 4) is 0 Å². The number of carbonyl (C=O) groups excluding carboxylic acids is 1. The van der Waals surface area contributed by atoms with Gasteiger partial charge >= 0.3 is 0 Å². The highest BCUT2D eigenvalue weighted by Crippen LogP contribution is 2.15. The largest absolute Gasteiger partial charge is 0.376 e. The summed E-state index contributed by atoms with van der Waals surface area (Å²) in [6.07, 6.45) is 2.36. The van der Waals surface area contributed by atoms with Gasteiger partial charge in [0.25, 0.3) is 5.91 Å². The van der Waals surface area contributed by atoms with Crippen LogP contribution in [0.2, 0.25) is 0 Å². The first kappa shape index (κ1) is 15.0. The molecule has 1 aromatic rings. The smallest absolute Gasteiger partial charge is 0.253 e. The third-order valence-electron chi connectivity index (χ3n) is 3.57. The average molecular weight is 276 g/mol. The van der Waals surface area contributed by atoms with E-state index in [4.69, 9.17) is 4.74 Å². The Balaban J connectivity index is 2.02. The van der Waals surface area contributed by atoms with Crippen LogP contribution in [0.25, 0.3) is 0 Å². The molecule has 0 N–H and O–H groups in total. The first-order valence-corrected chi connectivity index (χ1v) is 7.27. The van der Waals surface area contributed by atoms with E-state index in [0.29, 0.717) is 6.54 Å². The van der Waals surface area contributed by atoms with E-state index in [-0.39, 0.29) is 12.0 Å². The second-order valence-electron chi connectivity index (χ2n) is 5.56. The minimum Gasteiger partial charge on any atom is -0.376 e. The number of carbonyl (C=O) groups is 1. The highest BCUT2D eigenvalue weighted by Gasteiger charge is 2.23. The number of benzene rings is 1. The number of rotatable bonds is 6. The number of hydrogen-bond donors (Lipinski definition) is 0. The Hall–Kier alpha value is -1.39. The fraction of sp³-hybridized carbons (Fsp3) is 0.562. The zero-order chi connectivity index (χ0) is 14.4. The molecule has 1 fully saturated rings. The van der Waals surface area contributed by atoms with Crippen LogP contribution in [0, 0.1) is 0 Å². The highest BCUT2D eigenvalue weighted by molar-refractivity contribution is 5.94. The Bertz CT molecular complexity index is 414. The monoisotopic (exact) mass is 276 g/mol. The molecule has 0 aromatic heterocycles. The summed E-state index contributed by atoms with van der Waals surface area (Å²) in [5.74, 6) is 0.1000.